The number of alkyl halides is 3. The second kappa shape index (κ2) is 10.0. The van der Waals surface area contributed by atoms with Gasteiger partial charge in [0.1, 0.15) is 11.9 Å². The largest absolute Gasteiger partial charge is 0.416 e. The van der Waals surface area contributed by atoms with E-state index in [1.165, 1.54) is 24.3 Å². The van der Waals surface area contributed by atoms with Crippen LogP contribution in [0.3, 0.4) is 0 Å². The molecule has 0 unspecified atom stereocenters. The van der Waals surface area contributed by atoms with E-state index in [0.717, 1.165) is 24.6 Å². The van der Waals surface area contributed by atoms with E-state index in [9.17, 15) is 22.8 Å². The van der Waals surface area contributed by atoms with Crippen LogP contribution in [0.15, 0.2) is 66.7 Å². The maximum absolute atomic E-state index is 13.7. The first-order chi connectivity index (χ1) is 16.2. The lowest BCUT2D eigenvalue weighted by Crippen LogP contribution is -2.37. The zero-order valence-electron chi connectivity index (χ0n) is 18.2. The lowest BCUT2D eigenvalue weighted by atomic mass is 10.0. The molecule has 0 N–H and O–H groups in total. The number of benzene rings is 3. The smallest absolute Gasteiger partial charge is 0.363 e. The van der Waals surface area contributed by atoms with Crippen LogP contribution in [0, 0.1) is 17.1 Å². The number of nitriles is 1. The highest BCUT2D eigenvalue weighted by molar-refractivity contribution is 6.32. The van der Waals surface area contributed by atoms with Crippen LogP contribution in [-0.2, 0) is 19.3 Å². The Hall–Kier alpha value is -3.08. The van der Waals surface area contributed by atoms with Crippen LogP contribution >= 0.6 is 11.6 Å². The van der Waals surface area contributed by atoms with E-state index in [-0.39, 0.29) is 29.0 Å². The molecule has 176 valence electrons. The molecule has 3 nitrogen and oxygen atoms in total. The van der Waals surface area contributed by atoms with Crippen molar-refractivity contribution in [1.82, 2.24) is 4.90 Å². The van der Waals surface area contributed by atoms with Gasteiger partial charge in [0.15, 0.2) is 0 Å². The maximum atomic E-state index is 13.7. The van der Waals surface area contributed by atoms with Crippen molar-refractivity contribution in [3.05, 3.63) is 99.8 Å². The molecule has 3 aromatic rings. The highest BCUT2D eigenvalue weighted by atomic mass is 35.5. The monoisotopic (exact) mass is 487 g/mol. The van der Waals surface area contributed by atoms with Crippen molar-refractivity contribution >= 4 is 17.3 Å². The molecule has 1 aliphatic heterocycles. The molecular weight excluding hydrogens is 466 g/mol. The van der Waals surface area contributed by atoms with Crippen LogP contribution in [-0.4, -0.2) is 24.0 Å². The molecule has 4 rings (SSSR count). The molecule has 3 aromatic carbocycles. The fourth-order valence-electron chi connectivity index (χ4n) is 4.38. The van der Waals surface area contributed by atoms with Crippen molar-refractivity contribution in [2.75, 3.05) is 18.0 Å². The summed E-state index contributed by atoms with van der Waals surface area (Å²) in [5.41, 5.74) is 1.45. The number of likely N-dealkylation sites (tertiary alicyclic amines) is 1. The average molecular weight is 488 g/mol. The van der Waals surface area contributed by atoms with Gasteiger partial charge in [0, 0.05) is 37.9 Å². The molecule has 1 heterocycles. The topological polar surface area (TPSA) is 30.3 Å². The van der Waals surface area contributed by atoms with Gasteiger partial charge in [-0.2, -0.15) is 18.4 Å². The van der Waals surface area contributed by atoms with Gasteiger partial charge in [-0.3, -0.25) is 4.90 Å². The van der Waals surface area contributed by atoms with Gasteiger partial charge in [-0.25, -0.2) is 4.39 Å². The van der Waals surface area contributed by atoms with E-state index >= 15 is 0 Å². The molecule has 0 radical (unpaired) electrons. The Kier molecular flexibility index (Phi) is 7.11. The first-order valence-electron chi connectivity index (χ1n) is 10.8. The fraction of sp³-hybridized carbons (Fsp3) is 0.269. The second-order valence-corrected chi connectivity index (χ2v) is 8.77. The maximum Gasteiger partial charge on any atom is 0.416 e. The van der Waals surface area contributed by atoms with Crippen LogP contribution in [0.25, 0.3) is 0 Å². The van der Waals surface area contributed by atoms with Crippen LogP contribution in [0.5, 0.6) is 0 Å². The predicted octanol–water partition coefficient (Wildman–Crippen LogP) is 6.65. The second-order valence-electron chi connectivity index (χ2n) is 8.36. The van der Waals surface area contributed by atoms with Crippen molar-refractivity contribution in [2.45, 2.75) is 31.7 Å². The van der Waals surface area contributed by atoms with Crippen LogP contribution in [0.2, 0.25) is 5.02 Å². The standard InChI is InChI=1S/C26H22ClF4N3/c27-25-13-22(10-7-19(25)14-32)34(16-20-3-1-2-4-24(20)26(29,30)31)23-11-12-33(17-23)15-18-5-8-21(28)9-6-18/h1-10,13,23H,11-12,15-17H2/t23-/m0/s1. The van der Waals surface area contributed by atoms with Crippen molar-refractivity contribution < 1.29 is 17.6 Å². The highest BCUT2D eigenvalue weighted by Crippen LogP contribution is 2.35. The Balaban J connectivity index is 1.62. The van der Waals surface area contributed by atoms with Crippen molar-refractivity contribution in [3.63, 3.8) is 0 Å². The number of rotatable bonds is 6. The van der Waals surface area contributed by atoms with Crippen LogP contribution in [0.4, 0.5) is 23.2 Å². The summed E-state index contributed by atoms with van der Waals surface area (Å²) in [4.78, 5) is 4.13. The minimum atomic E-state index is -4.46. The SMILES string of the molecule is N#Cc1ccc(N(Cc2ccccc2C(F)(F)F)[C@H]2CCN(Cc3ccc(F)cc3)C2)cc1Cl. The molecule has 0 aromatic heterocycles. The van der Waals surface area contributed by atoms with Crippen molar-refractivity contribution in [3.8, 4) is 6.07 Å². The van der Waals surface area contributed by atoms with E-state index in [0.29, 0.717) is 24.3 Å². The first-order valence-corrected chi connectivity index (χ1v) is 11.2. The number of nitrogens with zero attached hydrogens (tertiary/aromatic N) is 3. The van der Waals surface area contributed by atoms with Gasteiger partial charge < -0.3 is 4.90 Å². The van der Waals surface area contributed by atoms with Crippen molar-refractivity contribution in [1.29, 1.82) is 5.26 Å². The Labute approximate surface area is 200 Å². The lowest BCUT2D eigenvalue weighted by molar-refractivity contribution is -0.138. The Bertz CT molecular complexity index is 1190. The molecule has 0 aliphatic carbocycles. The number of hydrogen-bond acceptors (Lipinski definition) is 3. The summed E-state index contributed by atoms with van der Waals surface area (Å²) in [7, 11) is 0. The third-order valence-electron chi connectivity index (χ3n) is 6.08. The zero-order chi connectivity index (χ0) is 24.3. The normalized spacial score (nSPS) is 16.4. The third kappa shape index (κ3) is 5.52. The van der Waals surface area contributed by atoms with E-state index in [2.05, 4.69) is 4.90 Å². The molecule has 1 atom stereocenters. The highest BCUT2D eigenvalue weighted by Gasteiger charge is 2.35. The molecule has 34 heavy (non-hydrogen) atoms. The lowest BCUT2D eigenvalue weighted by Gasteiger charge is -2.32. The van der Waals surface area contributed by atoms with E-state index in [1.54, 1.807) is 36.4 Å². The van der Waals surface area contributed by atoms with Gasteiger partial charge in [-0.1, -0.05) is 41.9 Å². The molecule has 0 spiro atoms. The van der Waals surface area contributed by atoms with Gasteiger partial charge in [0.25, 0.3) is 0 Å². The molecule has 8 heteroatoms. The molecule has 0 amide bonds. The summed E-state index contributed by atoms with van der Waals surface area (Å²) in [5, 5.41) is 9.47. The first kappa shape index (κ1) is 24.1. The molecule has 1 fully saturated rings. The molecule has 0 saturated carbocycles. The summed E-state index contributed by atoms with van der Waals surface area (Å²) < 4.78 is 54.2. The average Bonchev–Trinajstić information content (AvgIpc) is 3.26. The van der Waals surface area contributed by atoms with Crippen molar-refractivity contribution in [2.24, 2.45) is 0 Å². The van der Waals surface area contributed by atoms with E-state index < -0.39 is 11.7 Å². The van der Waals surface area contributed by atoms with Crippen LogP contribution in [0.1, 0.15) is 28.7 Å². The Morgan fingerprint density at radius 3 is 2.47 bits per heavy atom. The minimum Gasteiger partial charge on any atom is -0.363 e. The number of hydrogen-bond donors (Lipinski definition) is 0. The fourth-order valence-corrected chi connectivity index (χ4v) is 4.60. The van der Waals surface area contributed by atoms with Gasteiger partial charge in [-0.05, 0) is 53.9 Å². The predicted molar refractivity (Wildman–Crippen MR) is 124 cm³/mol. The van der Waals surface area contributed by atoms with Gasteiger partial charge in [0.2, 0.25) is 0 Å². The summed E-state index contributed by atoms with van der Waals surface area (Å²) >= 11 is 6.27. The van der Waals surface area contributed by atoms with Crippen LogP contribution < -0.4 is 4.90 Å². The van der Waals surface area contributed by atoms with Gasteiger partial charge in [-0.15, -0.1) is 0 Å². The Morgan fingerprint density at radius 2 is 1.79 bits per heavy atom. The van der Waals surface area contributed by atoms with E-state index in [4.69, 9.17) is 11.6 Å². The van der Waals surface area contributed by atoms with E-state index in [1.807, 2.05) is 11.0 Å². The van der Waals surface area contributed by atoms with Gasteiger partial charge in [0.05, 0.1) is 16.1 Å². The summed E-state index contributed by atoms with van der Waals surface area (Å²) in [6.07, 6.45) is -3.72. The zero-order valence-corrected chi connectivity index (χ0v) is 19.0. The summed E-state index contributed by atoms with van der Waals surface area (Å²) in [5.74, 6) is -0.296. The minimum absolute atomic E-state index is 0.0486. The third-order valence-corrected chi connectivity index (χ3v) is 6.39. The molecule has 0 bridgehead atoms. The van der Waals surface area contributed by atoms with Gasteiger partial charge >= 0.3 is 6.18 Å². The molecular formula is C26H22ClF4N3. The number of anilines is 1. The summed E-state index contributed by atoms with van der Waals surface area (Å²) in [6, 6.07) is 18.8. The number of halogens is 5. The Morgan fingerprint density at radius 1 is 1.06 bits per heavy atom. The molecule has 1 saturated heterocycles. The quantitative estimate of drug-likeness (QED) is 0.365. The summed E-state index contributed by atoms with van der Waals surface area (Å²) in [6.45, 7) is 2.05. The molecule has 1 aliphatic rings.